The van der Waals surface area contributed by atoms with Crippen molar-refractivity contribution in [3.8, 4) is 6.07 Å². The van der Waals surface area contributed by atoms with Gasteiger partial charge in [0.2, 0.25) is 0 Å². The Morgan fingerprint density at radius 1 is 1.41 bits per heavy atom. The number of rotatable bonds is 5. The number of hydrogen-bond acceptors (Lipinski definition) is 5. The van der Waals surface area contributed by atoms with E-state index in [1.807, 2.05) is 24.3 Å². The number of nitrogens with one attached hydrogen (secondary N) is 2. The summed E-state index contributed by atoms with van der Waals surface area (Å²) in [6.45, 7) is 0.0406. The second-order valence-electron chi connectivity index (χ2n) is 5.44. The summed E-state index contributed by atoms with van der Waals surface area (Å²) in [6, 6.07) is 11.2. The largest absolute Gasteiger partial charge is 0.377 e. The average molecular weight is 296 g/mol. The number of amides is 1. The Balaban J connectivity index is 1.65. The van der Waals surface area contributed by atoms with E-state index in [1.165, 1.54) is 0 Å². The van der Waals surface area contributed by atoms with Gasteiger partial charge < -0.3 is 10.4 Å². The van der Waals surface area contributed by atoms with E-state index >= 15 is 0 Å². The summed E-state index contributed by atoms with van der Waals surface area (Å²) in [5.41, 5.74) is 0.641. The third-order valence-corrected chi connectivity index (χ3v) is 3.76. The van der Waals surface area contributed by atoms with Crippen LogP contribution < -0.4 is 10.6 Å². The summed E-state index contributed by atoms with van der Waals surface area (Å²) in [5.74, 6) is -0.277. The maximum Gasteiger partial charge on any atom is 0.252 e. The van der Waals surface area contributed by atoms with Crippen LogP contribution in [0.1, 0.15) is 23.2 Å². The van der Waals surface area contributed by atoms with Gasteiger partial charge in [0, 0.05) is 11.6 Å². The van der Waals surface area contributed by atoms with Crippen molar-refractivity contribution >= 4 is 16.8 Å². The zero-order valence-corrected chi connectivity index (χ0v) is 11.9. The monoisotopic (exact) mass is 296 g/mol. The number of aliphatic hydroxyl groups excluding tert-OH is 1. The van der Waals surface area contributed by atoms with Gasteiger partial charge in [-0.2, -0.15) is 5.26 Å². The molecule has 1 aliphatic rings. The number of benzene rings is 1. The third kappa shape index (κ3) is 2.91. The molecule has 0 bridgehead atoms. The maximum absolute atomic E-state index is 12.3. The Morgan fingerprint density at radius 2 is 2.18 bits per heavy atom. The summed E-state index contributed by atoms with van der Waals surface area (Å²) >= 11 is 0. The molecule has 6 nitrogen and oxygen atoms in total. The van der Waals surface area contributed by atoms with E-state index in [-0.39, 0.29) is 12.5 Å². The van der Waals surface area contributed by atoms with Gasteiger partial charge in [0.1, 0.15) is 11.8 Å². The van der Waals surface area contributed by atoms with Crippen LogP contribution >= 0.6 is 0 Å². The lowest BCUT2D eigenvalue weighted by Gasteiger charge is -2.17. The number of aromatic nitrogens is 1. The predicted octanol–water partition coefficient (Wildman–Crippen LogP) is 0.929. The van der Waals surface area contributed by atoms with Gasteiger partial charge in [-0.05, 0) is 25.0 Å². The fraction of sp³-hybridized carbons (Fsp3) is 0.312. The molecule has 6 heteroatoms. The Morgan fingerprint density at radius 3 is 2.91 bits per heavy atom. The van der Waals surface area contributed by atoms with Crippen molar-refractivity contribution in [3.63, 3.8) is 0 Å². The van der Waals surface area contributed by atoms with Crippen molar-refractivity contribution < 1.29 is 9.90 Å². The van der Waals surface area contributed by atoms with E-state index < -0.39 is 11.8 Å². The number of carbonyl (C=O) groups excluding carboxylic acids is 1. The number of fused-ring (bicyclic) bond motifs is 1. The van der Waals surface area contributed by atoms with E-state index in [0.29, 0.717) is 5.56 Å². The fourth-order valence-electron chi connectivity index (χ4n) is 2.36. The minimum atomic E-state index is -0.945. The minimum Gasteiger partial charge on any atom is -0.377 e. The number of nitriles is 1. The molecule has 0 saturated heterocycles. The molecule has 0 spiro atoms. The van der Waals surface area contributed by atoms with Gasteiger partial charge in [0.05, 0.1) is 23.7 Å². The Labute approximate surface area is 127 Å². The predicted molar refractivity (Wildman–Crippen MR) is 80.8 cm³/mol. The maximum atomic E-state index is 12.3. The molecular weight excluding hydrogens is 280 g/mol. The number of aliphatic hydroxyl groups is 1. The number of para-hydroxylation sites is 1. The molecule has 22 heavy (non-hydrogen) atoms. The van der Waals surface area contributed by atoms with Gasteiger partial charge in [0.25, 0.3) is 5.91 Å². The van der Waals surface area contributed by atoms with E-state index in [9.17, 15) is 9.90 Å². The van der Waals surface area contributed by atoms with Crippen molar-refractivity contribution in [1.29, 1.82) is 5.26 Å². The molecule has 1 amide bonds. The van der Waals surface area contributed by atoms with Gasteiger partial charge in [-0.25, -0.2) is 0 Å². The third-order valence-electron chi connectivity index (χ3n) is 3.76. The summed E-state index contributed by atoms with van der Waals surface area (Å²) < 4.78 is 0. The standard InChI is InChI=1S/C16H16N4O2/c17-10-16(6-7-16)20-14(21)9-19-15(22)12-5-8-18-13-4-2-1-3-11(12)13/h1-5,8,14,20-21H,6-7,9H2,(H,19,22). The van der Waals surface area contributed by atoms with Gasteiger partial charge in [-0.3, -0.25) is 15.1 Å². The zero-order valence-electron chi connectivity index (χ0n) is 11.9. The highest BCUT2D eigenvalue weighted by molar-refractivity contribution is 6.05. The quantitative estimate of drug-likeness (QED) is 0.713. The topological polar surface area (TPSA) is 98.0 Å². The second kappa shape index (κ2) is 5.72. The Hall–Kier alpha value is -2.49. The van der Waals surface area contributed by atoms with Gasteiger partial charge in [-0.15, -0.1) is 0 Å². The van der Waals surface area contributed by atoms with Crippen LogP contribution in [0.25, 0.3) is 10.9 Å². The highest BCUT2D eigenvalue weighted by Crippen LogP contribution is 2.34. The molecule has 112 valence electrons. The van der Waals surface area contributed by atoms with E-state index in [1.54, 1.807) is 12.3 Å². The number of pyridine rings is 1. The van der Waals surface area contributed by atoms with Crippen LogP contribution in [0.3, 0.4) is 0 Å². The summed E-state index contributed by atoms with van der Waals surface area (Å²) in [5, 5.41) is 25.1. The molecule has 1 aromatic carbocycles. The number of nitrogens with zero attached hydrogens (tertiary/aromatic N) is 2. The van der Waals surface area contributed by atoms with Crippen molar-refractivity contribution in [2.24, 2.45) is 0 Å². The van der Waals surface area contributed by atoms with Crippen molar-refractivity contribution in [3.05, 3.63) is 42.1 Å². The van der Waals surface area contributed by atoms with Crippen LogP contribution in [0, 0.1) is 11.3 Å². The molecule has 1 fully saturated rings. The normalized spacial score (nSPS) is 16.7. The molecule has 1 unspecified atom stereocenters. The summed E-state index contributed by atoms with van der Waals surface area (Å²) in [7, 11) is 0. The van der Waals surface area contributed by atoms with Crippen molar-refractivity contribution in [2.45, 2.75) is 24.6 Å². The first-order valence-corrected chi connectivity index (χ1v) is 7.12. The molecule has 1 aliphatic carbocycles. The van der Waals surface area contributed by atoms with Crippen LogP contribution in [-0.4, -0.2) is 34.3 Å². The number of hydrogen-bond donors (Lipinski definition) is 3. The summed E-state index contributed by atoms with van der Waals surface area (Å²) in [6.07, 6.45) is 2.09. The molecule has 3 rings (SSSR count). The first-order chi connectivity index (χ1) is 10.6. The summed E-state index contributed by atoms with van der Waals surface area (Å²) in [4.78, 5) is 16.5. The van der Waals surface area contributed by atoms with Gasteiger partial charge in [0.15, 0.2) is 0 Å². The van der Waals surface area contributed by atoms with Crippen molar-refractivity contribution in [1.82, 2.24) is 15.6 Å². The molecule has 1 atom stereocenters. The van der Waals surface area contributed by atoms with E-state index in [0.717, 1.165) is 23.7 Å². The second-order valence-corrected chi connectivity index (χ2v) is 5.44. The van der Waals surface area contributed by atoms with Crippen LogP contribution in [-0.2, 0) is 0 Å². The SMILES string of the molecule is N#CC1(NC(O)CNC(=O)c2ccnc3ccccc23)CC1. The van der Waals surface area contributed by atoms with Crippen LogP contribution in [0.2, 0.25) is 0 Å². The first-order valence-electron chi connectivity index (χ1n) is 7.12. The Kier molecular flexibility index (Phi) is 3.75. The molecule has 2 aromatic rings. The van der Waals surface area contributed by atoms with E-state index in [4.69, 9.17) is 5.26 Å². The molecule has 1 saturated carbocycles. The molecule has 0 radical (unpaired) electrons. The van der Waals surface area contributed by atoms with Gasteiger partial charge in [-0.1, -0.05) is 18.2 Å². The Bertz CT molecular complexity index is 744. The van der Waals surface area contributed by atoms with Crippen LogP contribution in [0.4, 0.5) is 0 Å². The molecule has 1 heterocycles. The van der Waals surface area contributed by atoms with Crippen LogP contribution in [0.5, 0.6) is 0 Å². The first kappa shape index (κ1) is 14.4. The lowest BCUT2D eigenvalue weighted by Crippen LogP contribution is -2.46. The molecule has 0 aliphatic heterocycles. The fourth-order valence-corrected chi connectivity index (χ4v) is 2.36. The minimum absolute atomic E-state index is 0.0406. The highest BCUT2D eigenvalue weighted by atomic mass is 16.3. The molecule has 3 N–H and O–H groups in total. The highest BCUT2D eigenvalue weighted by Gasteiger charge is 2.44. The smallest absolute Gasteiger partial charge is 0.252 e. The lowest BCUT2D eigenvalue weighted by molar-refractivity contribution is 0.0873. The van der Waals surface area contributed by atoms with Crippen LogP contribution in [0.15, 0.2) is 36.5 Å². The molecule has 1 aromatic heterocycles. The zero-order chi connectivity index (χ0) is 15.6. The number of carbonyl (C=O) groups is 1. The lowest BCUT2D eigenvalue weighted by atomic mass is 10.1. The molecular formula is C16H16N4O2. The van der Waals surface area contributed by atoms with Gasteiger partial charge >= 0.3 is 0 Å². The van der Waals surface area contributed by atoms with E-state index in [2.05, 4.69) is 21.7 Å². The van der Waals surface area contributed by atoms with Crippen molar-refractivity contribution in [2.75, 3.05) is 6.54 Å². The average Bonchev–Trinajstić information content (AvgIpc) is 3.32.